The molecule has 1 aliphatic rings. The lowest BCUT2D eigenvalue weighted by molar-refractivity contribution is 0.0881. The Morgan fingerprint density at radius 1 is 1.00 bits per heavy atom. The Morgan fingerprint density at radius 3 is 2.36 bits per heavy atom. The lowest BCUT2D eigenvalue weighted by Gasteiger charge is -2.41. The van der Waals surface area contributed by atoms with E-state index in [9.17, 15) is 0 Å². The van der Waals surface area contributed by atoms with Gasteiger partial charge < -0.3 is 4.74 Å². The summed E-state index contributed by atoms with van der Waals surface area (Å²) in [5.41, 5.74) is 2.30. The van der Waals surface area contributed by atoms with Crippen LogP contribution in [0.15, 0.2) is 79.0 Å². The first kappa shape index (κ1) is 23.7. The molecule has 0 spiro atoms. The molecule has 2 aromatic carbocycles. The topological polar surface area (TPSA) is 28.6 Å². The second-order valence-corrected chi connectivity index (χ2v) is 9.39. The number of para-hydroxylation sites is 1. The van der Waals surface area contributed by atoms with Crippen LogP contribution >= 0.6 is 11.6 Å². The van der Waals surface area contributed by atoms with Crippen molar-refractivity contribution in [3.8, 4) is 5.75 Å². The van der Waals surface area contributed by atoms with Crippen molar-refractivity contribution < 1.29 is 4.74 Å². The van der Waals surface area contributed by atoms with Crippen LogP contribution in [0.1, 0.15) is 37.1 Å². The number of aromatic nitrogens is 1. The van der Waals surface area contributed by atoms with Gasteiger partial charge in [-0.25, -0.2) is 0 Å². The van der Waals surface area contributed by atoms with Gasteiger partial charge in [0.15, 0.2) is 0 Å². The predicted octanol–water partition coefficient (Wildman–Crippen LogP) is 5.94. The lowest BCUT2D eigenvalue weighted by Crippen LogP contribution is -2.45. The smallest absolute Gasteiger partial charge is 0.119 e. The maximum absolute atomic E-state index is 6.17. The molecule has 1 saturated heterocycles. The van der Waals surface area contributed by atoms with Crippen LogP contribution in [0.25, 0.3) is 0 Å². The van der Waals surface area contributed by atoms with E-state index < -0.39 is 0 Å². The molecule has 33 heavy (non-hydrogen) atoms. The van der Waals surface area contributed by atoms with Gasteiger partial charge in [0.2, 0.25) is 0 Å². The van der Waals surface area contributed by atoms with Gasteiger partial charge in [-0.2, -0.15) is 0 Å². The highest BCUT2D eigenvalue weighted by Gasteiger charge is 2.31. The number of hydrogen-bond donors (Lipinski definition) is 0. The minimum Gasteiger partial charge on any atom is -0.492 e. The van der Waals surface area contributed by atoms with Gasteiger partial charge in [0, 0.05) is 23.8 Å². The van der Waals surface area contributed by atoms with Gasteiger partial charge in [0.25, 0.3) is 0 Å². The molecule has 0 bridgehead atoms. The van der Waals surface area contributed by atoms with E-state index >= 15 is 0 Å². The summed E-state index contributed by atoms with van der Waals surface area (Å²) in [6.45, 7) is 6.33. The zero-order valence-electron chi connectivity index (χ0n) is 19.6. The summed E-state index contributed by atoms with van der Waals surface area (Å²) in [6, 6.07) is 25.0. The molecule has 2 atom stereocenters. The lowest BCUT2D eigenvalue weighted by atomic mass is 9.87. The number of benzene rings is 2. The Morgan fingerprint density at radius 2 is 1.70 bits per heavy atom. The van der Waals surface area contributed by atoms with Crippen LogP contribution in [0, 0.1) is 5.92 Å². The number of halogens is 1. The zero-order chi connectivity index (χ0) is 23.0. The van der Waals surface area contributed by atoms with Gasteiger partial charge in [-0.05, 0) is 87.8 Å². The fourth-order valence-electron chi connectivity index (χ4n) is 4.83. The van der Waals surface area contributed by atoms with Crippen LogP contribution in [0.2, 0.25) is 5.02 Å². The third kappa shape index (κ3) is 6.35. The Labute approximate surface area is 203 Å². The van der Waals surface area contributed by atoms with Gasteiger partial charge in [0.05, 0.1) is 11.7 Å². The Balaban J connectivity index is 1.35. The van der Waals surface area contributed by atoms with E-state index in [4.69, 9.17) is 21.3 Å². The second-order valence-electron chi connectivity index (χ2n) is 8.96. The van der Waals surface area contributed by atoms with Crippen LogP contribution in [0.5, 0.6) is 5.75 Å². The molecule has 5 heteroatoms. The monoisotopic (exact) mass is 463 g/mol. The third-order valence-corrected chi connectivity index (χ3v) is 7.19. The van der Waals surface area contributed by atoms with E-state index in [1.807, 2.05) is 54.7 Å². The number of hydrogen-bond acceptors (Lipinski definition) is 4. The summed E-state index contributed by atoms with van der Waals surface area (Å²) in [5, 5.41) is 0.762. The zero-order valence-corrected chi connectivity index (χ0v) is 20.4. The van der Waals surface area contributed by atoms with Gasteiger partial charge in [-0.3, -0.25) is 14.8 Å². The van der Waals surface area contributed by atoms with Crippen molar-refractivity contribution >= 4 is 11.6 Å². The van der Waals surface area contributed by atoms with Crippen LogP contribution in [-0.2, 0) is 0 Å². The molecule has 2 unspecified atom stereocenters. The molecule has 2 heterocycles. The van der Waals surface area contributed by atoms with Crippen molar-refractivity contribution in [3.63, 3.8) is 0 Å². The molecule has 1 aliphatic heterocycles. The average molecular weight is 464 g/mol. The largest absolute Gasteiger partial charge is 0.492 e. The highest BCUT2D eigenvalue weighted by atomic mass is 35.5. The maximum Gasteiger partial charge on any atom is 0.119 e. The molecule has 1 fully saturated rings. The van der Waals surface area contributed by atoms with Crippen molar-refractivity contribution in [1.29, 1.82) is 0 Å². The van der Waals surface area contributed by atoms with Crippen molar-refractivity contribution in [3.05, 3.63) is 95.3 Å². The van der Waals surface area contributed by atoms with Crippen LogP contribution < -0.4 is 4.74 Å². The summed E-state index contributed by atoms with van der Waals surface area (Å²) in [5.74, 6) is 1.60. The SMILES string of the molecule is CC(C1CCN(CCOc2ccccc2)CC1)N(C)C(c1ccc(Cl)cc1)c1ccccn1. The molecule has 0 saturated carbocycles. The Bertz CT molecular complexity index is 959. The van der Waals surface area contributed by atoms with Gasteiger partial charge in [-0.1, -0.05) is 48.0 Å². The minimum atomic E-state index is 0.107. The minimum absolute atomic E-state index is 0.107. The van der Waals surface area contributed by atoms with E-state index in [1.165, 1.54) is 18.4 Å². The second kappa shape index (κ2) is 11.6. The van der Waals surface area contributed by atoms with E-state index in [-0.39, 0.29) is 6.04 Å². The highest BCUT2D eigenvalue weighted by molar-refractivity contribution is 6.30. The summed E-state index contributed by atoms with van der Waals surface area (Å²) in [4.78, 5) is 9.72. The first-order valence-electron chi connectivity index (χ1n) is 11.9. The summed E-state index contributed by atoms with van der Waals surface area (Å²) in [6.07, 6.45) is 4.28. The van der Waals surface area contributed by atoms with E-state index in [1.54, 1.807) is 0 Å². The van der Waals surface area contributed by atoms with E-state index in [2.05, 4.69) is 48.0 Å². The quantitative estimate of drug-likeness (QED) is 0.393. The molecule has 0 amide bonds. The number of ether oxygens (including phenoxy) is 1. The van der Waals surface area contributed by atoms with Crippen molar-refractivity contribution in [2.75, 3.05) is 33.3 Å². The van der Waals surface area contributed by atoms with E-state index in [0.717, 1.165) is 42.7 Å². The molecular weight excluding hydrogens is 430 g/mol. The van der Waals surface area contributed by atoms with Crippen LogP contribution in [0.3, 0.4) is 0 Å². The third-order valence-electron chi connectivity index (χ3n) is 6.94. The van der Waals surface area contributed by atoms with Gasteiger partial charge in [-0.15, -0.1) is 0 Å². The molecule has 0 aliphatic carbocycles. The molecule has 3 aromatic rings. The average Bonchev–Trinajstić information content (AvgIpc) is 2.86. The van der Waals surface area contributed by atoms with Crippen LogP contribution in [-0.4, -0.2) is 54.1 Å². The normalized spacial score (nSPS) is 17.1. The number of piperidine rings is 1. The standard InChI is InChI=1S/C28H34ClN3O/c1-22(23-15-18-32(19-16-23)20-21-33-26-8-4-3-5-9-26)31(2)28(27-10-6-7-17-30-27)24-11-13-25(29)14-12-24/h3-14,17,22-23,28H,15-16,18-21H2,1-2H3. The van der Waals surface area contributed by atoms with E-state index in [0.29, 0.717) is 12.0 Å². The molecule has 174 valence electrons. The molecule has 0 N–H and O–H groups in total. The predicted molar refractivity (Wildman–Crippen MR) is 136 cm³/mol. The molecule has 1 aromatic heterocycles. The molecule has 4 nitrogen and oxygen atoms in total. The Hall–Kier alpha value is -2.40. The summed E-state index contributed by atoms with van der Waals surface area (Å²) < 4.78 is 5.89. The highest BCUT2D eigenvalue weighted by Crippen LogP contribution is 2.33. The summed E-state index contributed by atoms with van der Waals surface area (Å²) in [7, 11) is 2.23. The Kier molecular flexibility index (Phi) is 8.38. The van der Waals surface area contributed by atoms with Crippen LogP contribution in [0.4, 0.5) is 0 Å². The first-order valence-corrected chi connectivity index (χ1v) is 12.3. The van der Waals surface area contributed by atoms with Gasteiger partial charge in [0.1, 0.15) is 12.4 Å². The fourth-order valence-corrected chi connectivity index (χ4v) is 4.96. The molecular formula is C28H34ClN3O. The number of nitrogens with zero attached hydrogens (tertiary/aromatic N) is 3. The van der Waals surface area contributed by atoms with Crippen molar-refractivity contribution in [2.45, 2.75) is 31.8 Å². The summed E-state index contributed by atoms with van der Waals surface area (Å²) >= 11 is 6.17. The molecule has 0 radical (unpaired) electrons. The van der Waals surface area contributed by atoms with Crippen molar-refractivity contribution in [2.24, 2.45) is 5.92 Å². The fraction of sp³-hybridized carbons (Fsp3) is 0.393. The first-order chi connectivity index (χ1) is 16.1. The maximum atomic E-state index is 6.17. The van der Waals surface area contributed by atoms with Crippen molar-refractivity contribution in [1.82, 2.24) is 14.8 Å². The number of pyridine rings is 1. The number of likely N-dealkylation sites (tertiary alicyclic amines) is 1. The van der Waals surface area contributed by atoms with Gasteiger partial charge >= 0.3 is 0 Å². The molecule has 4 rings (SSSR count). The number of rotatable bonds is 9.